The molecule has 3 rings (SSSR count). The van der Waals surface area contributed by atoms with Crippen molar-refractivity contribution in [1.29, 1.82) is 0 Å². The summed E-state index contributed by atoms with van der Waals surface area (Å²) in [6, 6.07) is 8.71. The van der Waals surface area contributed by atoms with Crippen LogP contribution in [0.3, 0.4) is 0 Å². The third-order valence-electron chi connectivity index (χ3n) is 4.21. The van der Waals surface area contributed by atoms with Gasteiger partial charge < -0.3 is 4.90 Å². The standard InChI is InChI=1S/C18H21N3O/c1-2-14-3-5-15(6-4-14)11-16-12-19-13-20-18(16)21-9-7-17(22)8-10-21/h3-6,12-13H,2,7-11H2,1H3. The van der Waals surface area contributed by atoms with Gasteiger partial charge in [0.1, 0.15) is 17.9 Å². The molecule has 1 aliphatic heterocycles. The SMILES string of the molecule is CCc1ccc(Cc2cncnc2N2CCC(=O)CC2)cc1. The van der Waals surface area contributed by atoms with Crippen molar-refractivity contribution < 1.29 is 4.79 Å². The Balaban J connectivity index is 1.79. The Morgan fingerprint density at radius 1 is 1.09 bits per heavy atom. The first-order valence-corrected chi connectivity index (χ1v) is 7.89. The number of carbonyl (C=O) groups excluding carboxylic acids is 1. The number of aromatic nitrogens is 2. The maximum Gasteiger partial charge on any atom is 0.136 e. The summed E-state index contributed by atoms with van der Waals surface area (Å²) in [7, 11) is 0. The van der Waals surface area contributed by atoms with E-state index in [2.05, 4.69) is 46.1 Å². The van der Waals surface area contributed by atoms with Gasteiger partial charge in [0.15, 0.2) is 0 Å². The number of Topliss-reactive ketones (excluding diaryl/α,β-unsaturated/α-hetero) is 1. The molecule has 114 valence electrons. The van der Waals surface area contributed by atoms with E-state index in [0.29, 0.717) is 18.6 Å². The third kappa shape index (κ3) is 3.32. The molecule has 0 N–H and O–H groups in total. The van der Waals surface area contributed by atoms with E-state index in [1.54, 1.807) is 6.33 Å². The summed E-state index contributed by atoms with van der Waals surface area (Å²) < 4.78 is 0. The number of anilines is 1. The Morgan fingerprint density at radius 2 is 1.77 bits per heavy atom. The average molecular weight is 295 g/mol. The number of nitrogens with zero attached hydrogens (tertiary/aromatic N) is 3. The van der Waals surface area contributed by atoms with Crippen LogP contribution in [0.25, 0.3) is 0 Å². The van der Waals surface area contributed by atoms with E-state index in [4.69, 9.17) is 0 Å². The van der Waals surface area contributed by atoms with Crippen LogP contribution in [-0.4, -0.2) is 28.8 Å². The summed E-state index contributed by atoms with van der Waals surface area (Å²) in [5, 5.41) is 0. The molecule has 0 atom stereocenters. The van der Waals surface area contributed by atoms with Crippen LogP contribution in [-0.2, 0) is 17.6 Å². The largest absolute Gasteiger partial charge is 0.355 e. The zero-order valence-corrected chi connectivity index (χ0v) is 13.0. The number of rotatable bonds is 4. The van der Waals surface area contributed by atoms with E-state index in [1.165, 1.54) is 11.1 Å². The molecule has 0 amide bonds. The molecular weight excluding hydrogens is 274 g/mol. The molecule has 0 aliphatic carbocycles. The Bertz CT molecular complexity index is 642. The molecule has 0 spiro atoms. The third-order valence-corrected chi connectivity index (χ3v) is 4.21. The Hall–Kier alpha value is -2.23. The van der Waals surface area contributed by atoms with Crippen LogP contribution < -0.4 is 4.90 Å². The second-order valence-electron chi connectivity index (χ2n) is 5.74. The Kier molecular flexibility index (Phi) is 4.47. The van der Waals surface area contributed by atoms with Gasteiger partial charge in [0, 0.05) is 44.1 Å². The van der Waals surface area contributed by atoms with Crippen molar-refractivity contribution in [3.05, 3.63) is 53.5 Å². The van der Waals surface area contributed by atoms with Gasteiger partial charge in [-0.25, -0.2) is 9.97 Å². The van der Waals surface area contributed by atoms with E-state index < -0.39 is 0 Å². The predicted molar refractivity (Wildman–Crippen MR) is 87.1 cm³/mol. The summed E-state index contributed by atoms with van der Waals surface area (Å²) in [6.45, 7) is 3.69. The van der Waals surface area contributed by atoms with Crippen molar-refractivity contribution >= 4 is 11.6 Å². The number of benzene rings is 1. The van der Waals surface area contributed by atoms with E-state index in [1.807, 2.05) is 6.20 Å². The fourth-order valence-corrected chi connectivity index (χ4v) is 2.84. The van der Waals surface area contributed by atoms with Crippen LogP contribution in [0, 0.1) is 0 Å². The molecule has 1 saturated heterocycles. The van der Waals surface area contributed by atoms with Gasteiger partial charge in [-0.1, -0.05) is 31.2 Å². The van der Waals surface area contributed by atoms with Crippen molar-refractivity contribution in [2.24, 2.45) is 0 Å². The van der Waals surface area contributed by atoms with E-state index >= 15 is 0 Å². The van der Waals surface area contributed by atoms with Gasteiger partial charge in [-0.2, -0.15) is 0 Å². The normalized spacial score (nSPS) is 15.1. The van der Waals surface area contributed by atoms with Crippen LogP contribution in [0.2, 0.25) is 0 Å². The van der Waals surface area contributed by atoms with Gasteiger partial charge in [0.25, 0.3) is 0 Å². The van der Waals surface area contributed by atoms with Crippen LogP contribution in [0.5, 0.6) is 0 Å². The van der Waals surface area contributed by atoms with Crippen LogP contribution in [0.15, 0.2) is 36.8 Å². The molecule has 2 aromatic rings. The fraction of sp³-hybridized carbons (Fsp3) is 0.389. The summed E-state index contributed by atoms with van der Waals surface area (Å²) >= 11 is 0. The smallest absolute Gasteiger partial charge is 0.136 e. The maximum absolute atomic E-state index is 11.4. The molecule has 1 fully saturated rings. The molecule has 2 heterocycles. The minimum absolute atomic E-state index is 0.349. The monoisotopic (exact) mass is 295 g/mol. The molecule has 4 heteroatoms. The van der Waals surface area contributed by atoms with Gasteiger partial charge in [-0.3, -0.25) is 4.79 Å². The minimum atomic E-state index is 0.349. The lowest BCUT2D eigenvalue weighted by atomic mass is 10.0. The van der Waals surface area contributed by atoms with Crippen LogP contribution in [0.4, 0.5) is 5.82 Å². The highest BCUT2D eigenvalue weighted by molar-refractivity contribution is 5.81. The van der Waals surface area contributed by atoms with Crippen molar-refractivity contribution in [1.82, 2.24) is 9.97 Å². The van der Waals surface area contributed by atoms with Crippen molar-refractivity contribution in [2.75, 3.05) is 18.0 Å². The summed E-state index contributed by atoms with van der Waals surface area (Å²) in [5.74, 6) is 1.32. The topological polar surface area (TPSA) is 46.1 Å². The molecule has 4 nitrogen and oxygen atoms in total. The number of hydrogen-bond acceptors (Lipinski definition) is 4. The van der Waals surface area contributed by atoms with E-state index in [-0.39, 0.29) is 0 Å². The number of piperidine rings is 1. The lowest BCUT2D eigenvalue weighted by Gasteiger charge is -2.28. The van der Waals surface area contributed by atoms with Crippen LogP contribution in [0.1, 0.15) is 36.5 Å². The number of carbonyl (C=O) groups is 1. The molecule has 0 bridgehead atoms. The van der Waals surface area contributed by atoms with Gasteiger partial charge in [-0.15, -0.1) is 0 Å². The zero-order valence-electron chi connectivity index (χ0n) is 13.0. The summed E-state index contributed by atoms with van der Waals surface area (Å²) in [5.41, 5.74) is 3.74. The quantitative estimate of drug-likeness (QED) is 0.870. The predicted octanol–water partition coefficient (Wildman–Crippen LogP) is 2.80. The number of aryl methyl sites for hydroxylation is 1. The lowest BCUT2D eigenvalue weighted by molar-refractivity contribution is -0.119. The van der Waals surface area contributed by atoms with Gasteiger partial charge >= 0.3 is 0 Å². The second-order valence-corrected chi connectivity index (χ2v) is 5.74. The maximum atomic E-state index is 11.4. The first-order valence-electron chi connectivity index (χ1n) is 7.89. The van der Waals surface area contributed by atoms with Crippen LogP contribution >= 0.6 is 0 Å². The molecular formula is C18H21N3O. The van der Waals surface area contributed by atoms with Gasteiger partial charge in [0.05, 0.1) is 0 Å². The summed E-state index contributed by atoms with van der Waals surface area (Å²) in [6.07, 6.45) is 6.61. The first kappa shape index (κ1) is 14.7. The Morgan fingerprint density at radius 3 is 2.45 bits per heavy atom. The van der Waals surface area contributed by atoms with Crippen molar-refractivity contribution in [2.45, 2.75) is 32.6 Å². The highest BCUT2D eigenvalue weighted by Crippen LogP contribution is 2.22. The molecule has 22 heavy (non-hydrogen) atoms. The van der Waals surface area contributed by atoms with E-state index in [9.17, 15) is 4.79 Å². The molecule has 1 aromatic carbocycles. The van der Waals surface area contributed by atoms with Crippen molar-refractivity contribution in [3.8, 4) is 0 Å². The lowest BCUT2D eigenvalue weighted by Crippen LogP contribution is -2.35. The highest BCUT2D eigenvalue weighted by atomic mass is 16.1. The second kappa shape index (κ2) is 6.69. The molecule has 0 radical (unpaired) electrons. The molecule has 0 saturated carbocycles. The Labute approximate surface area is 131 Å². The van der Waals surface area contributed by atoms with Crippen molar-refractivity contribution in [3.63, 3.8) is 0 Å². The summed E-state index contributed by atoms with van der Waals surface area (Å²) in [4.78, 5) is 22.3. The average Bonchev–Trinajstić information content (AvgIpc) is 2.57. The highest BCUT2D eigenvalue weighted by Gasteiger charge is 2.19. The van der Waals surface area contributed by atoms with E-state index in [0.717, 1.165) is 37.3 Å². The number of ketones is 1. The molecule has 1 aliphatic rings. The molecule has 1 aromatic heterocycles. The van der Waals surface area contributed by atoms with Gasteiger partial charge in [-0.05, 0) is 17.5 Å². The minimum Gasteiger partial charge on any atom is -0.355 e. The van der Waals surface area contributed by atoms with Gasteiger partial charge in [0.2, 0.25) is 0 Å². The zero-order chi connectivity index (χ0) is 15.4. The molecule has 0 unspecified atom stereocenters. The first-order chi connectivity index (χ1) is 10.8. The fourth-order valence-electron chi connectivity index (χ4n) is 2.84. The number of hydrogen-bond donors (Lipinski definition) is 0.